The number of nitro benzene ring substituents is 1. The molecule has 0 saturated heterocycles. The van der Waals surface area contributed by atoms with E-state index in [4.69, 9.17) is 5.26 Å². The van der Waals surface area contributed by atoms with Gasteiger partial charge in [0, 0.05) is 11.6 Å². The number of hydrogen-bond donors (Lipinski definition) is 0. The third-order valence-corrected chi connectivity index (χ3v) is 2.00. The SMILES string of the molecule is COC(=O)c1cc(C=O)c(C#N)c([N+](=O)[O-])c1. The third-order valence-electron chi connectivity index (χ3n) is 2.00. The zero-order valence-electron chi connectivity index (χ0n) is 8.67. The number of ether oxygens (including phenoxy) is 1. The van der Waals surface area contributed by atoms with Crippen molar-refractivity contribution >= 4 is 17.9 Å². The predicted octanol–water partition coefficient (Wildman–Crippen LogP) is 1.07. The fraction of sp³-hybridized carbons (Fsp3) is 0.100. The van der Waals surface area contributed by atoms with Crippen LogP contribution in [0.3, 0.4) is 0 Å². The van der Waals surface area contributed by atoms with E-state index >= 15 is 0 Å². The molecule has 0 bridgehead atoms. The first kappa shape index (κ1) is 12.3. The number of nitrogens with zero attached hydrogens (tertiary/aromatic N) is 2. The second-order valence-corrected chi connectivity index (χ2v) is 2.94. The van der Waals surface area contributed by atoms with Crippen LogP contribution in [-0.4, -0.2) is 24.3 Å². The van der Waals surface area contributed by atoms with Gasteiger partial charge in [-0.15, -0.1) is 0 Å². The highest BCUT2D eigenvalue weighted by atomic mass is 16.6. The molecular formula is C10H6N2O5. The molecule has 0 heterocycles. The standard InChI is InChI=1S/C10H6N2O5/c1-17-10(14)6-2-7(5-13)8(4-11)9(3-6)12(15)16/h2-3,5H,1H3. The van der Waals surface area contributed by atoms with Crippen LogP contribution in [-0.2, 0) is 4.74 Å². The largest absolute Gasteiger partial charge is 0.465 e. The van der Waals surface area contributed by atoms with Crippen LogP contribution >= 0.6 is 0 Å². The number of hydrogen-bond acceptors (Lipinski definition) is 6. The Morgan fingerprint density at radius 1 is 1.59 bits per heavy atom. The average molecular weight is 234 g/mol. The number of carbonyl (C=O) groups excluding carboxylic acids is 2. The quantitative estimate of drug-likeness (QED) is 0.334. The molecular weight excluding hydrogens is 228 g/mol. The van der Waals surface area contributed by atoms with Crippen molar-refractivity contribution < 1.29 is 19.2 Å². The molecule has 0 N–H and O–H groups in total. The highest BCUT2D eigenvalue weighted by Gasteiger charge is 2.22. The van der Waals surface area contributed by atoms with Crippen LogP contribution in [0, 0.1) is 21.4 Å². The molecule has 1 rings (SSSR count). The van der Waals surface area contributed by atoms with Crippen molar-refractivity contribution in [1.29, 1.82) is 5.26 Å². The average Bonchev–Trinajstić information content (AvgIpc) is 2.35. The van der Waals surface area contributed by atoms with Crippen LogP contribution in [0.5, 0.6) is 0 Å². The lowest BCUT2D eigenvalue weighted by Crippen LogP contribution is -2.05. The molecule has 17 heavy (non-hydrogen) atoms. The summed E-state index contributed by atoms with van der Waals surface area (Å²) in [6.45, 7) is 0. The third kappa shape index (κ3) is 2.26. The Kier molecular flexibility index (Phi) is 3.51. The monoisotopic (exact) mass is 234 g/mol. The number of esters is 1. The fourth-order valence-electron chi connectivity index (χ4n) is 1.24. The minimum absolute atomic E-state index is 0.152. The summed E-state index contributed by atoms with van der Waals surface area (Å²) in [7, 11) is 1.10. The number of nitriles is 1. The van der Waals surface area contributed by atoms with Gasteiger partial charge in [-0.25, -0.2) is 4.79 Å². The molecule has 0 amide bonds. The molecule has 0 radical (unpaired) electrons. The summed E-state index contributed by atoms with van der Waals surface area (Å²) in [6, 6.07) is 3.53. The molecule has 86 valence electrons. The lowest BCUT2D eigenvalue weighted by molar-refractivity contribution is -0.385. The van der Waals surface area contributed by atoms with Gasteiger partial charge in [-0.1, -0.05) is 0 Å². The van der Waals surface area contributed by atoms with Crippen LogP contribution < -0.4 is 0 Å². The van der Waals surface area contributed by atoms with Crippen molar-refractivity contribution in [3.05, 3.63) is 38.9 Å². The maximum Gasteiger partial charge on any atom is 0.338 e. The summed E-state index contributed by atoms with van der Waals surface area (Å²) >= 11 is 0. The fourth-order valence-corrected chi connectivity index (χ4v) is 1.24. The molecule has 0 aromatic heterocycles. The van der Waals surface area contributed by atoms with Crippen molar-refractivity contribution in [3.63, 3.8) is 0 Å². The summed E-state index contributed by atoms with van der Waals surface area (Å²) < 4.78 is 4.38. The van der Waals surface area contributed by atoms with E-state index in [0.717, 1.165) is 19.2 Å². The van der Waals surface area contributed by atoms with Crippen molar-refractivity contribution in [3.8, 4) is 6.07 Å². The number of carbonyl (C=O) groups is 2. The van der Waals surface area contributed by atoms with Crippen LogP contribution in [0.1, 0.15) is 26.3 Å². The summed E-state index contributed by atoms with van der Waals surface area (Å²) in [4.78, 5) is 31.8. The Morgan fingerprint density at radius 3 is 2.65 bits per heavy atom. The Bertz CT molecular complexity index is 544. The lowest BCUT2D eigenvalue weighted by Gasteiger charge is -2.02. The maximum atomic E-state index is 11.2. The molecule has 0 atom stereocenters. The van der Waals surface area contributed by atoms with E-state index in [-0.39, 0.29) is 23.0 Å². The Morgan fingerprint density at radius 2 is 2.24 bits per heavy atom. The van der Waals surface area contributed by atoms with Gasteiger partial charge in [0.2, 0.25) is 0 Å². The molecule has 0 aliphatic heterocycles. The second-order valence-electron chi connectivity index (χ2n) is 2.94. The smallest absolute Gasteiger partial charge is 0.338 e. The van der Waals surface area contributed by atoms with Crippen LogP contribution in [0.2, 0.25) is 0 Å². The number of methoxy groups -OCH3 is 1. The van der Waals surface area contributed by atoms with Gasteiger partial charge in [-0.3, -0.25) is 14.9 Å². The molecule has 0 fully saturated rings. The minimum Gasteiger partial charge on any atom is -0.465 e. The van der Waals surface area contributed by atoms with Gasteiger partial charge >= 0.3 is 5.97 Å². The molecule has 7 nitrogen and oxygen atoms in total. The van der Waals surface area contributed by atoms with Gasteiger partial charge in [0.15, 0.2) is 6.29 Å². The number of nitro groups is 1. The number of rotatable bonds is 3. The van der Waals surface area contributed by atoms with Crippen molar-refractivity contribution in [2.24, 2.45) is 0 Å². The highest BCUT2D eigenvalue weighted by molar-refractivity contribution is 5.94. The Balaban J connectivity index is 3.58. The minimum atomic E-state index is -0.835. The van der Waals surface area contributed by atoms with E-state index in [1.165, 1.54) is 0 Å². The highest BCUT2D eigenvalue weighted by Crippen LogP contribution is 2.23. The van der Waals surface area contributed by atoms with Crippen LogP contribution in [0.25, 0.3) is 0 Å². The van der Waals surface area contributed by atoms with Crippen molar-refractivity contribution in [1.82, 2.24) is 0 Å². The van der Waals surface area contributed by atoms with Gasteiger partial charge in [-0.05, 0) is 6.07 Å². The first-order chi connectivity index (χ1) is 8.04. The van der Waals surface area contributed by atoms with E-state index in [2.05, 4.69) is 4.74 Å². The van der Waals surface area contributed by atoms with E-state index in [1.54, 1.807) is 6.07 Å². The predicted molar refractivity (Wildman–Crippen MR) is 54.5 cm³/mol. The molecule has 1 aromatic rings. The van der Waals surface area contributed by atoms with Gasteiger partial charge < -0.3 is 4.74 Å². The summed E-state index contributed by atoms with van der Waals surface area (Å²) in [6.07, 6.45) is 0.276. The summed E-state index contributed by atoms with van der Waals surface area (Å²) in [5, 5.41) is 19.4. The van der Waals surface area contributed by atoms with Crippen LogP contribution in [0.15, 0.2) is 12.1 Å². The van der Waals surface area contributed by atoms with Gasteiger partial charge in [0.1, 0.15) is 11.6 Å². The first-order valence-corrected chi connectivity index (χ1v) is 4.31. The van der Waals surface area contributed by atoms with E-state index in [0.29, 0.717) is 0 Å². The van der Waals surface area contributed by atoms with Crippen LogP contribution in [0.4, 0.5) is 5.69 Å². The van der Waals surface area contributed by atoms with E-state index < -0.39 is 16.6 Å². The zero-order valence-corrected chi connectivity index (χ0v) is 8.67. The molecule has 0 aliphatic rings. The lowest BCUT2D eigenvalue weighted by atomic mass is 10.0. The maximum absolute atomic E-state index is 11.2. The molecule has 0 spiro atoms. The van der Waals surface area contributed by atoms with Crippen molar-refractivity contribution in [2.75, 3.05) is 7.11 Å². The molecule has 0 saturated carbocycles. The van der Waals surface area contributed by atoms with Crippen molar-refractivity contribution in [2.45, 2.75) is 0 Å². The number of benzene rings is 1. The Labute approximate surface area is 95.4 Å². The topological polar surface area (TPSA) is 110 Å². The normalized spacial score (nSPS) is 9.18. The summed E-state index contributed by atoms with van der Waals surface area (Å²) in [5.41, 5.74) is -1.35. The molecule has 1 aromatic carbocycles. The van der Waals surface area contributed by atoms with E-state index in [9.17, 15) is 19.7 Å². The molecule has 0 aliphatic carbocycles. The molecule has 0 unspecified atom stereocenters. The second kappa shape index (κ2) is 4.85. The van der Waals surface area contributed by atoms with Gasteiger partial charge in [-0.2, -0.15) is 5.26 Å². The summed E-state index contributed by atoms with van der Waals surface area (Å²) in [5.74, 6) is -0.819. The van der Waals surface area contributed by atoms with Gasteiger partial charge in [0.05, 0.1) is 17.6 Å². The van der Waals surface area contributed by atoms with E-state index in [1.807, 2.05) is 0 Å². The first-order valence-electron chi connectivity index (χ1n) is 4.31. The molecule has 7 heteroatoms. The number of aldehydes is 1. The van der Waals surface area contributed by atoms with Gasteiger partial charge in [0.25, 0.3) is 5.69 Å². The zero-order chi connectivity index (χ0) is 13.0. The Hall–Kier alpha value is -2.75.